The fourth-order valence-electron chi connectivity index (χ4n) is 1.16. The Bertz CT molecular complexity index is 306. The first-order chi connectivity index (χ1) is 6.81. The topological polar surface area (TPSA) is 136 Å². The van der Waals surface area contributed by atoms with Gasteiger partial charge in [0.2, 0.25) is 10.4 Å². The van der Waals surface area contributed by atoms with E-state index in [9.17, 15) is 23.2 Å². The van der Waals surface area contributed by atoms with Gasteiger partial charge in [0.15, 0.2) is 0 Å². The summed E-state index contributed by atoms with van der Waals surface area (Å²) < 4.78 is 38.9. The maximum atomic E-state index is 10.1. The van der Waals surface area contributed by atoms with E-state index in [1.807, 2.05) is 0 Å². The zero-order valence-electron chi connectivity index (χ0n) is 8.51. The van der Waals surface area contributed by atoms with Crippen LogP contribution in [-0.2, 0) is 19.3 Å². The standard InChI is InChI=1S/C6H12O8S.Na/c7-3-1-13-4(6(9)5(3)8)2-14-15(10,11)12;/h3-9H,1-2H2,(H,10,11,12);/q;+1/p-1. The summed E-state index contributed by atoms with van der Waals surface area (Å²) in [6.07, 6.45) is -5.37. The van der Waals surface area contributed by atoms with E-state index in [1.165, 1.54) is 0 Å². The number of hydrogen-bond donors (Lipinski definition) is 3. The second-order valence-corrected chi connectivity index (χ2v) is 4.17. The van der Waals surface area contributed by atoms with Gasteiger partial charge in [0, 0.05) is 0 Å². The molecule has 1 rings (SSSR count). The van der Waals surface area contributed by atoms with E-state index in [1.54, 1.807) is 0 Å². The molecule has 0 aromatic carbocycles. The molecule has 90 valence electrons. The van der Waals surface area contributed by atoms with Crippen molar-refractivity contribution in [3.05, 3.63) is 0 Å². The largest absolute Gasteiger partial charge is 1.00 e. The molecule has 1 fully saturated rings. The van der Waals surface area contributed by atoms with Crippen LogP contribution in [0.15, 0.2) is 0 Å². The molecule has 0 bridgehead atoms. The SMILES string of the molecule is O=S(=O)([O-])OCC1OCC(O)C(O)C1O.[Na+]. The molecule has 0 saturated carbocycles. The van der Waals surface area contributed by atoms with Crippen LogP contribution >= 0.6 is 0 Å². The molecule has 0 aromatic rings. The molecular weight excluding hydrogens is 255 g/mol. The number of aliphatic hydroxyl groups is 3. The quantitative estimate of drug-likeness (QED) is 0.261. The Hall–Kier alpha value is 0.710. The first kappa shape index (κ1) is 16.7. The van der Waals surface area contributed by atoms with Crippen LogP contribution in [0.3, 0.4) is 0 Å². The Balaban J connectivity index is 0.00000225. The fraction of sp³-hybridized carbons (Fsp3) is 1.00. The van der Waals surface area contributed by atoms with E-state index < -0.39 is 41.4 Å². The van der Waals surface area contributed by atoms with Crippen molar-refractivity contribution in [1.82, 2.24) is 0 Å². The summed E-state index contributed by atoms with van der Waals surface area (Å²) >= 11 is 0. The minimum atomic E-state index is -4.86. The van der Waals surface area contributed by atoms with Crippen molar-refractivity contribution in [3.8, 4) is 0 Å². The van der Waals surface area contributed by atoms with Crippen molar-refractivity contribution in [1.29, 1.82) is 0 Å². The van der Waals surface area contributed by atoms with Crippen LogP contribution in [-0.4, -0.2) is 65.9 Å². The molecule has 0 spiro atoms. The van der Waals surface area contributed by atoms with Gasteiger partial charge < -0.3 is 24.6 Å². The summed E-state index contributed by atoms with van der Waals surface area (Å²) in [5.74, 6) is 0. The Kier molecular flexibility index (Phi) is 6.88. The van der Waals surface area contributed by atoms with Gasteiger partial charge in [-0.1, -0.05) is 0 Å². The molecule has 1 aliphatic heterocycles. The average Bonchev–Trinajstić information content (AvgIpc) is 2.12. The third-order valence-electron chi connectivity index (χ3n) is 1.98. The number of ether oxygens (including phenoxy) is 1. The van der Waals surface area contributed by atoms with Gasteiger partial charge in [-0.15, -0.1) is 0 Å². The molecular formula is C6H11NaO8S. The van der Waals surface area contributed by atoms with Crippen molar-refractivity contribution in [2.45, 2.75) is 24.4 Å². The third kappa shape index (κ3) is 4.92. The molecule has 8 nitrogen and oxygen atoms in total. The molecule has 0 radical (unpaired) electrons. The van der Waals surface area contributed by atoms with Crippen molar-refractivity contribution < 1.29 is 66.8 Å². The number of rotatable bonds is 3. The third-order valence-corrected chi connectivity index (χ3v) is 2.41. The minimum absolute atomic E-state index is 0. The van der Waals surface area contributed by atoms with Crippen LogP contribution in [0.5, 0.6) is 0 Å². The smallest absolute Gasteiger partial charge is 0.726 e. The number of hydrogen-bond acceptors (Lipinski definition) is 8. The Morgan fingerprint density at radius 1 is 1.31 bits per heavy atom. The summed E-state index contributed by atoms with van der Waals surface area (Å²) in [4.78, 5) is 0. The molecule has 10 heteroatoms. The van der Waals surface area contributed by atoms with E-state index in [4.69, 9.17) is 9.84 Å². The molecule has 4 atom stereocenters. The zero-order chi connectivity index (χ0) is 11.6. The van der Waals surface area contributed by atoms with Crippen molar-refractivity contribution >= 4 is 10.4 Å². The summed E-state index contributed by atoms with van der Waals surface area (Å²) in [5.41, 5.74) is 0. The van der Waals surface area contributed by atoms with E-state index in [0.717, 1.165) is 0 Å². The maximum Gasteiger partial charge on any atom is 1.00 e. The van der Waals surface area contributed by atoms with Gasteiger partial charge >= 0.3 is 29.6 Å². The Labute approximate surface area is 114 Å². The second kappa shape index (κ2) is 6.59. The molecule has 0 aromatic heterocycles. The summed E-state index contributed by atoms with van der Waals surface area (Å²) in [5, 5.41) is 27.5. The minimum Gasteiger partial charge on any atom is -0.726 e. The van der Waals surface area contributed by atoms with Crippen LogP contribution in [0.4, 0.5) is 0 Å². The van der Waals surface area contributed by atoms with E-state index in [-0.39, 0.29) is 36.2 Å². The number of aliphatic hydroxyl groups excluding tert-OH is 3. The average molecular weight is 266 g/mol. The molecule has 1 saturated heterocycles. The van der Waals surface area contributed by atoms with Gasteiger partial charge in [-0.3, -0.25) is 4.18 Å². The van der Waals surface area contributed by atoms with Gasteiger partial charge in [-0.05, 0) is 0 Å². The molecule has 4 unspecified atom stereocenters. The monoisotopic (exact) mass is 266 g/mol. The van der Waals surface area contributed by atoms with Gasteiger partial charge in [0.25, 0.3) is 0 Å². The van der Waals surface area contributed by atoms with Crippen LogP contribution in [0, 0.1) is 0 Å². The van der Waals surface area contributed by atoms with Gasteiger partial charge in [-0.2, -0.15) is 0 Å². The molecule has 0 aliphatic carbocycles. The predicted molar refractivity (Wildman–Crippen MR) is 43.4 cm³/mol. The zero-order valence-corrected chi connectivity index (χ0v) is 11.3. The van der Waals surface area contributed by atoms with Gasteiger partial charge in [0.05, 0.1) is 13.2 Å². The molecule has 1 heterocycles. The normalized spacial score (nSPS) is 35.5. The van der Waals surface area contributed by atoms with Crippen LogP contribution < -0.4 is 29.6 Å². The Morgan fingerprint density at radius 3 is 2.38 bits per heavy atom. The van der Waals surface area contributed by atoms with Crippen LogP contribution in [0.1, 0.15) is 0 Å². The van der Waals surface area contributed by atoms with Crippen molar-refractivity contribution in [3.63, 3.8) is 0 Å². The van der Waals surface area contributed by atoms with Gasteiger partial charge in [-0.25, -0.2) is 8.42 Å². The first-order valence-corrected chi connectivity index (χ1v) is 5.40. The maximum absolute atomic E-state index is 10.1. The van der Waals surface area contributed by atoms with Gasteiger partial charge in [0.1, 0.15) is 24.4 Å². The fourth-order valence-corrected chi connectivity index (χ4v) is 1.46. The van der Waals surface area contributed by atoms with Crippen molar-refractivity contribution in [2.24, 2.45) is 0 Å². The summed E-state index contributed by atoms with van der Waals surface area (Å²) in [7, 11) is -4.86. The van der Waals surface area contributed by atoms with E-state index in [0.29, 0.717) is 0 Å². The molecule has 0 amide bonds. The second-order valence-electron chi connectivity index (χ2n) is 3.11. The predicted octanol–water partition coefficient (Wildman–Crippen LogP) is -6.05. The van der Waals surface area contributed by atoms with Crippen LogP contribution in [0.25, 0.3) is 0 Å². The molecule has 3 N–H and O–H groups in total. The molecule has 1 aliphatic rings. The Morgan fingerprint density at radius 2 is 1.88 bits per heavy atom. The van der Waals surface area contributed by atoms with E-state index >= 15 is 0 Å². The summed E-state index contributed by atoms with van der Waals surface area (Å²) in [6.45, 7) is -0.970. The van der Waals surface area contributed by atoms with E-state index in [2.05, 4.69) is 4.18 Å². The first-order valence-electron chi connectivity index (χ1n) is 4.07. The van der Waals surface area contributed by atoms with Crippen LogP contribution in [0.2, 0.25) is 0 Å². The summed E-state index contributed by atoms with van der Waals surface area (Å²) in [6, 6.07) is 0. The van der Waals surface area contributed by atoms with Crippen molar-refractivity contribution in [2.75, 3.05) is 13.2 Å². The molecule has 16 heavy (non-hydrogen) atoms.